The Bertz CT molecular complexity index is 1750. The average molecular weight is 599 g/mol. The molecule has 0 radical (unpaired) electrons. The second kappa shape index (κ2) is 12.3. The van der Waals surface area contributed by atoms with Crippen molar-refractivity contribution in [3.8, 4) is 6.07 Å². The minimum absolute atomic E-state index is 0.000679. The molecule has 11 heteroatoms. The summed E-state index contributed by atoms with van der Waals surface area (Å²) in [5.74, 6) is 0.108. The number of nitrogens with one attached hydrogen (secondary N) is 2. The molecule has 0 bridgehead atoms. The first kappa shape index (κ1) is 29.2. The summed E-state index contributed by atoms with van der Waals surface area (Å²) in [4.78, 5) is 26.1. The van der Waals surface area contributed by atoms with E-state index in [1.165, 1.54) is 41.6 Å². The summed E-state index contributed by atoms with van der Waals surface area (Å²) in [7, 11) is -3.91. The number of hydrogen-bond donors (Lipinski definition) is 2. The lowest BCUT2D eigenvalue weighted by Crippen LogP contribution is -2.23. The molecule has 9 nitrogen and oxygen atoms in total. The van der Waals surface area contributed by atoms with Crippen molar-refractivity contribution in [1.82, 2.24) is 15.0 Å². The van der Waals surface area contributed by atoms with Crippen molar-refractivity contribution in [3.63, 3.8) is 0 Å². The molecule has 2 aromatic heterocycles. The number of nitrogens with zero attached hydrogens (tertiary/aromatic N) is 4. The van der Waals surface area contributed by atoms with Crippen molar-refractivity contribution in [2.75, 3.05) is 10.0 Å². The van der Waals surface area contributed by atoms with E-state index in [9.17, 15) is 18.5 Å². The molecular weight excluding hydrogens is 569 g/mol. The van der Waals surface area contributed by atoms with Crippen molar-refractivity contribution in [2.24, 2.45) is 0 Å². The number of anilines is 2. The van der Waals surface area contributed by atoms with E-state index in [-0.39, 0.29) is 16.8 Å². The Morgan fingerprint density at radius 3 is 2.38 bits per heavy atom. The molecule has 1 amide bonds. The quantitative estimate of drug-likeness (QED) is 0.252. The number of aromatic nitrogens is 3. The Morgan fingerprint density at radius 2 is 1.71 bits per heavy atom. The van der Waals surface area contributed by atoms with Crippen LogP contribution in [0.2, 0.25) is 0 Å². The first-order chi connectivity index (χ1) is 20.1. The van der Waals surface area contributed by atoms with Gasteiger partial charge in [0.1, 0.15) is 11.1 Å². The minimum Gasteiger partial charge on any atom is -0.325 e. The van der Waals surface area contributed by atoms with Crippen LogP contribution in [0.25, 0.3) is 0 Å². The molecule has 1 aliphatic carbocycles. The predicted molar refractivity (Wildman–Crippen MR) is 163 cm³/mol. The SMILES string of the molecule is Cc1cc(C)nc(NS(=O)(=O)c2ccc(NC(=O)C(C)Sc3nc4c(cc3C#N)CC(c3ccccc3)CC4)cc2)n1. The molecule has 2 atom stereocenters. The standard InChI is InChI=1S/C31H30N6O3S2/c1-19-15-20(2)34-31(33-19)37-42(39,40)27-12-10-26(11-13-27)35-29(38)21(3)41-30-25(18-32)17-24-16-23(9-14-28(24)36-30)22-7-5-4-6-8-22/h4-8,10-13,15,17,21,23H,9,14,16H2,1-3H3,(H,35,38)(H,33,34,37). The van der Waals surface area contributed by atoms with Crippen LogP contribution in [0.4, 0.5) is 11.6 Å². The fraction of sp³-hybridized carbons (Fsp3) is 0.258. The molecule has 0 aliphatic heterocycles. The van der Waals surface area contributed by atoms with Gasteiger partial charge in [-0.3, -0.25) is 4.79 Å². The second-order valence-corrected chi connectivity index (χ2v) is 13.3. The van der Waals surface area contributed by atoms with E-state index in [1.807, 2.05) is 24.3 Å². The predicted octanol–water partition coefficient (Wildman–Crippen LogP) is 5.55. The van der Waals surface area contributed by atoms with Gasteiger partial charge in [-0.1, -0.05) is 42.1 Å². The summed E-state index contributed by atoms with van der Waals surface area (Å²) in [6, 6.07) is 22.2. The van der Waals surface area contributed by atoms with Gasteiger partial charge in [0.15, 0.2) is 0 Å². The van der Waals surface area contributed by atoms with Crippen LogP contribution in [0, 0.1) is 25.2 Å². The maximum Gasteiger partial charge on any atom is 0.264 e. The number of nitriles is 1. The van der Waals surface area contributed by atoms with Gasteiger partial charge >= 0.3 is 0 Å². The number of amides is 1. The van der Waals surface area contributed by atoms with Crippen molar-refractivity contribution in [3.05, 3.63) is 101 Å². The lowest BCUT2D eigenvalue weighted by molar-refractivity contribution is -0.115. The number of rotatable bonds is 8. The fourth-order valence-electron chi connectivity index (χ4n) is 4.96. The molecule has 42 heavy (non-hydrogen) atoms. The van der Waals surface area contributed by atoms with Gasteiger partial charge in [0.05, 0.1) is 15.7 Å². The topological polar surface area (TPSA) is 138 Å². The summed E-state index contributed by atoms with van der Waals surface area (Å²) in [5, 5.41) is 12.6. The van der Waals surface area contributed by atoms with Gasteiger partial charge < -0.3 is 5.32 Å². The zero-order valence-electron chi connectivity index (χ0n) is 23.5. The molecule has 2 aromatic carbocycles. The molecule has 0 saturated heterocycles. The highest BCUT2D eigenvalue weighted by atomic mass is 32.2. The highest BCUT2D eigenvalue weighted by Crippen LogP contribution is 2.35. The molecule has 0 spiro atoms. The van der Waals surface area contributed by atoms with Gasteiger partial charge in [-0.05, 0) is 93.5 Å². The molecule has 1 aliphatic rings. The highest BCUT2D eigenvalue weighted by molar-refractivity contribution is 8.00. The first-order valence-electron chi connectivity index (χ1n) is 13.5. The number of aryl methyl sites for hydroxylation is 3. The molecule has 4 aromatic rings. The Hall–Kier alpha value is -4.27. The highest BCUT2D eigenvalue weighted by Gasteiger charge is 2.25. The second-order valence-electron chi connectivity index (χ2n) is 10.3. The summed E-state index contributed by atoms with van der Waals surface area (Å²) in [6.07, 6.45) is 2.63. The maximum absolute atomic E-state index is 13.0. The lowest BCUT2D eigenvalue weighted by Gasteiger charge is -2.25. The smallest absolute Gasteiger partial charge is 0.264 e. The van der Waals surface area contributed by atoms with Gasteiger partial charge in [-0.2, -0.15) is 5.26 Å². The Balaban J connectivity index is 1.23. The van der Waals surface area contributed by atoms with Crippen molar-refractivity contribution in [1.29, 1.82) is 5.26 Å². The Kier molecular flexibility index (Phi) is 8.56. The van der Waals surface area contributed by atoms with E-state index in [0.29, 0.717) is 33.6 Å². The summed E-state index contributed by atoms with van der Waals surface area (Å²) >= 11 is 1.24. The third-order valence-electron chi connectivity index (χ3n) is 7.04. The third-order valence-corrected chi connectivity index (χ3v) is 9.49. The number of carbonyl (C=O) groups excluding carboxylic acids is 1. The number of sulfonamides is 1. The summed E-state index contributed by atoms with van der Waals surface area (Å²) < 4.78 is 28.0. The van der Waals surface area contributed by atoms with Gasteiger partial charge in [0.2, 0.25) is 11.9 Å². The van der Waals surface area contributed by atoms with Crippen LogP contribution in [0.5, 0.6) is 0 Å². The van der Waals surface area contributed by atoms with Crippen molar-refractivity contribution < 1.29 is 13.2 Å². The molecular formula is C31H30N6O3S2. The summed E-state index contributed by atoms with van der Waals surface area (Å²) in [5.41, 5.74) is 5.56. The van der Waals surface area contributed by atoms with E-state index in [1.54, 1.807) is 26.8 Å². The van der Waals surface area contributed by atoms with Crippen molar-refractivity contribution >= 4 is 39.3 Å². The number of thioether (sulfide) groups is 1. The monoisotopic (exact) mass is 598 g/mol. The third kappa shape index (κ3) is 6.78. The van der Waals surface area contributed by atoms with E-state index in [2.05, 4.69) is 38.2 Å². The van der Waals surface area contributed by atoms with Crippen LogP contribution < -0.4 is 10.0 Å². The normalized spacial score (nSPS) is 15.2. The maximum atomic E-state index is 13.0. The first-order valence-corrected chi connectivity index (χ1v) is 15.9. The van der Waals surface area contributed by atoms with Crippen LogP contribution >= 0.6 is 11.8 Å². The zero-order valence-corrected chi connectivity index (χ0v) is 25.1. The largest absolute Gasteiger partial charge is 0.325 e. The van der Waals surface area contributed by atoms with Crippen LogP contribution in [-0.2, 0) is 27.7 Å². The summed E-state index contributed by atoms with van der Waals surface area (Å²) in [6.45, 7) is 5.26. The molecule has 0 saturated carbocycles. The number of hydrogen-bond acceptors (Lipinski definition) is 8. The van der Waals surface area contributed by atoms with Crippen LogP contribution in [-0.4, -0.2) is 34.5 Å². The van der Waals surface area contributed by atoms with Gasteiger partial charge in [0, 0.05) is 22.8 Å². The Morgan fingerprint density at radius 1 is 1.02 bits per heavy atom. The molecule has 2 unspecified atom stereocenters. The zero-order chi connectivity index (χ0) is 29.9. The van der Waals surface area contributed by atoms with Gasteiger partial charge in [-0.15, -0.1) is 0 Å². The van der Waals surface area contributed by atoms with Gasteiger partial charge in [0.25, 0.3) is 10.0 Å². The molecule has 0 fully saturated rings. The molecule has 5 rings (SSSR count). The van der Waals surface area contributed by atoms with Crippen LogP contribution in [0.15, 0.2) is 76.7 Å². The average Bonchev–Trinajstić information content (AvgIpc) is 2.96. The fourth-order valence-corrected chi connectivity index (χ4v) is 6.80. The van der Waals surface area contributed by atoms with Crippen LogP contribution in [0.3, 0.4) is 0 Å². The van der Waals surface area contributed by atoms with Crippen LogP contribution in [0.1, 0.15) is 53.0 Å². The molecule has 214 valence electrons. The number of carbonyl (C=O) groups is 1. The minimum atomic E-state index is -3.91. The van der Waals surface area contributed by atoms with Crippen molar-refractivity contribution in [2.45, 2.75) is 61.1 Å². The molecule has 2 heterocycles. The van der Waals surface area contributed by atoms with E-state index < -0.39 is 15.3 Å². The number of benzene rings is 2. The number of pyridine rings is 1. The van der Waals surface area contributed by atoms with E-state index in [4.69, 9.17) is 4.98 Å². The molecule has 2 N–H and O–H groups in total. The van der Waals surface area contributed by atoms with E-state index >= 15 is 0 Å². The lowest BCUT2D eigenvalue weighted by atomic mass is 9.82. The Labute approximate surface area is 249 Å². The number of fused-ring (bicyclic) bond motifs is 1. The van der Waals surface area contributed by atoms with Gasteiger partial charge in [-0.25, -0.2) is 28.1 Å². The van der Waals surface area contributed by atoms with E-state index in [0.717, 1.165) is 30.5 Å².